The summed E-state index contributed by atoms with van der Waals surface area (Å²) in [6.07, 6.45) is 10.5. The van der Waals surface area contributed by atoms with Gasteiger partial charge in [-0.2, -0.15) is 19.8 Å². The maximum Gasteiger partial charge on any atom is 0.219 e. The molecule has 1 aliphatic carbocycles. The van der Waals surface area contributed by atoms with Crippen LogP contribution in [-0.2, 0) is 17.1 Å². The number of nitriles is 1. The predicted molar refractivity (Wildman–Crippen MR) is 136 cm³/mol. The van der Waals surface area contributed by atoms with Crippen molar-refractivity contribution in [2.75, 3.05) is 31.1 Å². The quantitative estimate of drug-likeness (QED) is 0.412. The van der Waals surface area contributed by atoms with E-state index in [2.05, 4.69) is 21.2 Å². The Morgan fingerprint density at radius 1 is 0.972 bits per heavy atom. The summed E-state index contributed by atoms with van der Waals surface area (Å²) in [5.74, 6) is 0.807. The van der Waals surface area contributed by atoms with Crippen molar-refractivity contribution < 1.29 is 8.42 Å². The molecule has 5 heterocycles. The zero-order valence-electron chi connectivity index (χ0n) is 20.2. The van der Waals surface area contributed by atoms with Crippen LogP contribution in [0.5, 0.6) is 0 Å². The van der Waals surface area contributed by atoms with Crippen molar-refractivity contribution >= 4 is 21.4 Å². The minimum atomic E-state index is -3.24. The van der Waals surface area contributed by atoms with Crippen LogP contribution in [0.3, 0.4) is 0 Å². The van der Waals surface area contributed by atoms with Crippen LogP contribution in [0, 0.1) is 11.3 Å². The average Bonchev–Trinajstić information content (AvgIpc) is 3.31. The Hall–Kier alpha value is -3.75. The Morgan fingerprint density at radius 3 is 2.36 bits per heavy atom. The number of pyridine rings is 2. The zero-order valence-corrected chi connectivity index (χ0v) is 21.0. The Balaban J connectivity index is 1.29. The van der Waals surface area contributed by atoms with Crippen LogP contribution < -0.4 is 4.90 Å². The van der Waals surface area contributed by atoms with Crippen molar-refractivity contribution in [3.8, 4) is 28.3 Å². The molecule has 4 aromatic heterocycles. The van der Waals surface area contributed by atoms with Gasteiger partial charge in [-0.25, -0.2) is 17.9 Å². The van der Waals surface area contributed by atoms with Crippen LogP contribution >= 0.6 is 0 Å². The van der Waals surface area contributed by atoms with Crippen LogP contribution in [0.25, 0.3) is 27.8 Å². The first kappa shape index (κ1) is 22.7. The molecule has 2 aliphatic rings. The van der Waals surface area contributed by atoms with Crippen LogP contribution in [0.1, 0.15) is 25.3 Å². The second-order valence-corrected chi connectivity index (χ2v) is 12.2. The van der Waals surface area contributed by atoms with Gasteiger partial charge >= 0.3 is 0 Å². The lowest BCUT2D eigenvalue weighted by Gasteiger charge is -2.36. The third-order valence-corrected chi connectivity index (χ3v) is 10.0. The lowest BCUT2D eigenvalue weighted by molar-refractivity contribution is 0.377. The average molecular weight is 503 g/mol. The molecule has 6 rings (SSSR count). The molecule has 0 radical (unpaired) electrons. The Kier molecular flexibility index (Phi) is 5.14. The molecule has 1 aliphatic heterocycles. The number of fused-ring (bicyclic) bond motifs is 1. The van der Waals surface area contributed by atoms with E-state index in [1.165, 1.54) is 0 Å². The number of hydrogen-bond donors (Lipinski definition) is 0. The summed E-state index contributed by atoms with van der Waals surface area (Å²) in [4.78, 5) is 6.83. The van der Waals surface area contributed by atoms with E-state index in [9.17, 15) is 13.7 Å². The Labute approximate surface area is 209 Å². The second-order valence-electron chi connectivity index (χ2n) is 9.75. The molecule has 4 aromatic rings. The Morgan fingerprint density at radius 2 is 1.75 bits per heavy atom. The fourth-order valence-corrected chi connectivity index (χ4v) is 6.67. The van der Waals surface area contributed by atoms with Gasteiger partial charge in [0.1, 0.15) is 11.9 Å². The maximum absolute atomic E-state index is 12.8. The molecule has 0 bridgehead atoms. The van der Waals surface area contributed by atoms with E-state index >= 15 is 0 Å². The molecule has 36 heavy (non-hydrogen) atoms. The van der Waals surface area contributed by atoms with Gasteiger partial charge < -0.3 is 4.90 Å². The SMILES string of the molecule is Cn1cc(-c2cc(-c3ccc(N4CCN(S(=O)(=O)C5(C)CC5)CC4)nc3)c3c(C#N)cnn3c2)cn1. The summed E-state index contributed by atoms with van der Waals surface area (Å²) >= 11 is 0. The summed E-state index contributed by atoms with van der Waals surface area (Å²) in [5.41, 5.74) is 4.84. The lowest BCUT2D eigenvalue weighted by Crippen LogP contribution is -2.51. The number of anilines is 1. The van der Waals surface area contributed by atoms with E-state index in [4.69, 9.17) is 4.98 Å². The van der Waals surface area contributed by atoms with Gasteiger partial charge in [-0.05, 0) is 38.0 Å². The van der Waals surface area contributed by atoms with E-state index in [-0.39, 0.29) is 0 Å². The summed E-state index contributed by atoms with van der Waals surface area (Å²) in [6, 6.07) is 8.22. The van der Waals surface area contributed by atoms with Gasteiger partial charge in [0.25, 0.3) is 0 Å². The standard InChI is InChI=1S/C25H26N8O2S/c1-25(5-6-25)36(34,35)32-9-7-31(8-10-32)23-4-3-18(13-27-23)22-11-19(21-15-28-30(2)16-21)17-33-24(22)20(12-26)14-29-33/h3-4,11,13-17H,5-10H2,1-2H3. The second kappa shape index (κ2) is 8.15. The molecule has 0 atom stereocenters. The van der Waals surface area contributed by atoms with Crippen LogP contribution in [-0.4, -0.2) is 68.0 Å². The highest BCUT2D eigenvalue weighted by Gasteiger charge is 2.53. The topological polar surface area (TPSA) is 112 Å². The van der Waals surface area contributed by atoms with Gasteiger partial charge in [0.15, 0.2) is 0 Å². The number of piperazine rings is 1. The van der Waals surface area contributed by atoms with Crippen molar-refractivity contribution in [3.05, 3.63) is 54.7 Å². The lowest BCUT2D eigenvalue weighted by atomic mass is 10.0. The number of aromatic nitrogens is 5. The Bertz CT molecular complexity index is 1600. The molecule has 0 unspecified atom stereocenters. The molecule has 1 saturated carbocycles. The van der Waals surface area contributed by atoms with Crippen molar-refractivity contribution in [1.29, 1.82) is 5.26 Å². The summed E-state index contributed by atoms with van der Waals surface area (Å²) in [7, 11) is -1.37. The van der Waals surface area contributed by atoms with Gasteiger partial charge in [0, 0.05) is 74.1 Å². The third-order valence-electron chi connectivity index (χ3n) is 7.31. The normalized spacial score (nSPS) is 17.9. The highest BCUT2D eigenvalue weighted by atomic mass is 32.2. The van der Waals surface area contributed by atoms with Crippen molar-refractivity contribution in [3.63, 3.8) is 0 Å². The number of nitrogens with zero attached hydrogens (tertiary/aromatic N) is 8. The largest absolute Gasteiger partial charge is 0.354 e. The number of rotatable bonds is 5. The fourth-order valence-electron chi connectivity index (χ4n) is 4.79. The molecule has 0 spiro atoms. The molecule has 0 amide bonds. The number of aryl methyl sites for hydroxylation is 1. The molecule has 1 saturated heterocycles. The van der Waals surface area contributed by atoms with Gasteiger partial charge in [-0.1, -0.05) is 0 Å². The van der Waals surface area contributed by atoms with Crippen LogP contribution in [0.4, 0.5) is 5.82 Å². The third kappa shape index (κ3) is 3.65. The summed E-state index contributed by atoms with van der Waals surface area (Å²) in [6.45, 7) is 3.98. The fraction of sp³-hybridized carbons (Fsp3) is 0.360. The molecule has 2 fully saturated rings. The smallest absolute Gasteiger partial charge is 0.219 e. The van der Waals surface area contributed by atoms with E-state index in [1.54, 1.807) is 32.1 Å². The molecule has 0 aromatic carbocycles. The highest BCUT2D eigenvalue weighted by Crippen LogP contribution is 2.44. The van der Waals surface area contributed by atoms with E-state index < -0.39 is 14.8 Å². The van der Waals surface area contributed by atoms with Gasteiger partial charge in [0.2, 0.25) is 10.0 Å². The van der Waals surface area contributed by atoms with Gasteiger partial charge in [-0.15, -0.1) is 0 Å². The van der Waals surface area contributed by atoms with Crippen LogP contribution in [0.2, 0.25) is 0 Å². The van der Waals surface area contributed by atoms with E-state index in [0.29, 0.717) is 31.7 Å². The number of hydrogen-bond acceptors (Lipinski definition) is 7. The highest BCUT2D eigenvalue weighted by molar-refractivity contribution is 7.90. The van der Waals surface area contributed by atoms with Crippen molar-refractivity contribution in [2.45, 2.75) is 24.5 Å². The maximum atomic E-state index is 12.8. The first-order valence-electron chi connectivity index (χ1n) is 11.9. The van der Waals surface area contributed by atoms with Crippen molar-refractivity contribution in [1.82, 2.24) is 28.7 Å². The molecular formula is C25H26N8O2S. The first-order valence-corrected chi connectivity index (χ1v) is 13.3. The predicted octanol–water partition coefficient (Wildman–Crippen LogP) is 2.67. The molecule has 10 nitrogen and oxygen atoms in total. The molecule has 11 heteroatoms. The monoisotopic (exact) mass is 502 g/mol. The zero-order chi connectivity index (χ0) is 25.1. The molecule has 0 N–H and O–H groups in total. The van der Waals surface area contributed by atoms with Crippen molar-refractivity contribution in [2.24, 2.45) is 7.05 Å². The molecular weight excluding hydrogens is 476 g/mol. The van der Waals surface area contributed by atoms with Gasteiger partial charge in [-0.3, -0.25) is 4.68 Å². The first-order chi connectivity index (χ1) is 17.3. The van der Waals surface area contributed by atoms with E-state index in [0.717, 1.165) is 46.4 Å². The molecule has 184 valence electrons. The number of sulfonamides is 1. The van der Waals surface area contributed by atoms with Crippen LogP contribution in [0.15, 0.2) is 49.2 Å². The van der Waals surface area contributed by atoms with Gasteiger partial charge in [0.05, 0.1) is 28.2 Å². The summed E-state index contributed by atoms with van der Waals surface area (Å²) < 4.78 is 30.2. The van der Waals surface area contributed by atoms with E-state index in [1.807, 2.05) is 44.6 Å². The minimum absolute atomic E-state index is 0.469. The summed E-state index contributed by atoms with van der Waals surface area (Å²) in [5, 5.41) is 18.3. The minimum Gasteiger partial charge on any atom is -0.354 e.